The first-order chi connectivity index (χ1) is 13.3. The van der Waals surface area contributed by atoms with Gasteiger partial charge in [0.2, 0.25) is 0 Å². The maximum absolute atomic E-state index is 6.27. The number of benzene rings is 1. The summed E-state index contributed by atoms with van der Waals surface area (Å²) in [5, 5.41) is 3.40. The van der Waals surface area contributed by atoms with Crippen LogP contribution in [-0.4, -0.2) is 42.8 Å². The summed E-state index contributed by atoms with van der Waals surface area (Å²) in [5.41, 5.74) is 7.69. The summed E-state index contributed by atoms with van der Waals surface area (Å²) < 4.78 is 5.56. The third kappa shape index (κ3) is 4.06. The molecule has 4 rings (SSSR count). The van der Waals surface area contributed by atoms with E-state index in [9.17, 15) is 0 Å². The quantitative estimate of drug-likeness (QED) is 0.817. The molecule has 144 valence electrons. The molecule has 0 bridgehead atoms. The fraction of sp³-hybridized carbons (Fsp3) is 0.524. The van der Waals surface area contributed by atoms with Crippen LogP contribution in [0.5, 0.6) is 0 Å². The lowest BCUT2D eigenvalue weighted by atomic mass is 9.71. The minimum atomic E-state index is 0.187. The van der Waals surface area contributed by atoms with Crippen LogP contribution < -0.4 is 16.0 Å². The van der Waals surface area contributed by atoms with Crippen molar-refractivity contribution in [2.45, 2.75) is 25.8 Å². The summed E-state index contributed by atoms with van der Waals surface area (Å²) in [4.78, 5) is 11.3. The molecule has 1 aromatic heterocycles. The summed E-state index contributed by atoms with van der Waals surface area (Å²) >= 11 is 0. The first-order valence-electron chi connectivity index (χ1n) is 9.92. The highest BCUT2D eigenvalue weighted by atomic mass is 16.5. The number of aromatic nitrogens is 2. The van der Waals surface area contributed by atoms with Gasteiger partial charge in [0.1, 0.15) is 18.0 Å². The van der Waals surface area contributed by atoms with Crippen LogP contribution in [0, 0.1) is 11.3 Å². The minimum absolute atomic E-state index is 0.187. The highest BCUT2D eigenvalue weighted by Crippen LogP contribution is 2.43. The van der Waals surface area contributed by atoms with Crippen LogP contribution in [0.25, 0.3) is 0 Å². The van der Waals surface area contributed by atoms with Gasteiger partial charge in [-0.15, -0.1) is 0 Å². The molecule has 6 heteroatoms. The zero-order valence-corrected chi connectivity index (χ0v) is 15.8. The Morgan fingerprint density at radius 1 is 1.19 bits per heavy atom. The standard InChI is InChI=1S/C21H29N5O/c22-14-21(18-6-10-27-11-7-18)8-9-26(15-21)20-12-19(24-16-25-20)23-13-17-4-2-1-3-5-17/h1-5,12,16,18H,6-11,13-15,22H2,(H,23,24,25). The van der Waals surface area contributed by atoms with E-state index in [1.165, 1.54) is 5.56 Å². The molecule has 27 heavy (non-hydrogen) atoms. The Balaban J connectivity index is 1.43. The van der Waals surface area contributed by atoms with Crippen molar-refractivity contribution in [2.75, 3.05) is 43.1 Å². The van der Waals surface area contributed by atoms with Gasteiger partial charge in [0, 0.05) is 44.3 Å². The van der Waals surface area contributed by atoms with Crippen LogP contribution >= 0.6 is 0 Å². The van der Waals surface area contributed by atoms with E-state index in [2.05, 4.69) is 50.5 Å². The van der Waals surface area contributed by atoms with E-state index in [1.807, 2.05) is 6.07 Å². The van der Waals surface area contributed by atoms with Crippen LogP contribution in [0.3, 0.4) is 0 Å². The smallest absolute Gasteiger partial charge is 0.134 e. The second-order valence-electron chi connectivity index (χ2n) is 7.73. The van der Waals surface area contributed by atoms with Gasteiger partial charge < -0.3 is 20.7 Å². The molecule has 1 atom stereocenters. The van der Waals surface area contributed by atoms with Crippen LogP contribution in [0.4, 0.5) is 11.6 Å². The zero-order chi connectivity index (χ0) is 18.5. The molecule has 0 saturated carbocycles. The number of nitrogens with two attached hydrogens (primary N) is 1. The maximum Gasteiger partial charge on any atom is 0.134 e. The predicted molar refractivity (Wildman–Crippen MR) is 108 cm³/mol. The fourth-order valence-corrected chi connectivity index (χ4v) is 4.47. The molecule has 2 fully saturated rings. The number of hydrogen-bond donors (Lipinski definition) is 2. The van der Waals surface area contributed by atoms with Gasteiger partial charge in [0.15, 0.2) is 0 Å². The zero-order valence-electron chi connectivity index (χ0n) is 15.8. The molecule has 1 aromatic carbocycles. The highest BCUT2D eigenvalue weighted by Gasteiger charge is 2.44. The Labute approximate surface area is 161 Å². The topological polar surface area (TPSA) is 76.3 Å². The van der Waals surface area contributed by atoms with Crippen LogP contribution in [0.15, 0.2) is 42.7 Å². The van der Waals surface area contributed by atoms with Crippen LogP contribution in [-0.2, 0) is 11.3 Å². The number of ether oxygens (including phenoxy) is 1. The van der Waals surface area contributed by atoms with Gasteiger partial charge in [0.05, 0.1) is 0 Å². The second-order valence-corrected chi connectivity index (χ2v) is 7.73. The highest BCUT2D eigenvalue weighted by molar-refractivity contribution is 5.49. The number of nitrogens with zero attached hydrogens (tertiary/aromatic N) is 3. The molecule has 0 aliphatic carbocycles. The summed E-state index contributed by atoms with van der Waals surface area (Å²) in [5.74, 6) is 2.50. The lowest BCUT2D eigenvalue weighted by Gasteiger charge is -2.39. The molecule has 2 aromatic rings. The molecule has 1 unspecified atom stereocenters. The van der Waals surface area contributed by atoms with E-state index >= 15 is 0 Å². The van der Waals surface area contributed by atoms with Crippen LogP contribution in [0.1, 0.15) is 24.8 Å². The average Bonchev–Trinajstić information content (AvgIpc) is 3.20. The molecule has 3 N–H and O–H groups in total. The van der Waals surface area contributed by atoms with Gasteiger partial charge in [-0.25, -0.2) is 9.97 Å². The summed E-state index contributed by atoms with van der Waals surface area (Å²) in [6, 6.07) is 12.4. The Bertz CT molecular complexity index is 734. The number of nitrogens with one attached hydrogen (secondary N) is 1. The Morgan fingerprint density at radius 3 is 2.78 bits per heavy atom. The van der Waals surface area contributed by atoms with E-state index < -0.39 is 0 Å². The van der Waals surface area contributed by atoms with Gasteiger partial charge in [-0.3, -0.25) is 0 Å². The van der Waals surface area contributed by atoms with E-state index in [4.69, 9.17) is 10.5 Å². The maximum atomic E-state index is 6.27. The molecule has 0 amide bonds. The Hall–Kier alpha value is -2.18. The van der Waals surface area contributed by atoms with Crippen molar-refractivity contribution in [1.29, 1.82) is 0 Å². The Kier molecular flexibility index (Phi) is 5.55. The Morgan fingerprint density at radius 2 is 2.00 bits per heavy atom. The third-order valence-corrected chi connectivity index (χ3v) is 6.17. The summed E-state index contributed by atoms with van der Waals surface area (Å²) in [6.45, 7) is 5.21. The van der Waals surface area contributed by atoms with E-state index in [0.717, 1.165) is 70.3 Å². The largest absolute Gasteiger partial charge is 0.381 e. The molecule has 3 heterocycles. The van der Waals surface area contributed by atoms with E-state index in [0.29, 0.717) is 5.92 Å². The molecular weight excluding hydrogens is 338 g/mol. The molecule has 2 aliphatic rings. The monoisotopic (exact) mass is 367 g/mol. The molecule has 0 spiro atoms. The SMILES string of the molecule is NCC1(C2CCOCC2)CCN(c2cc(NCc3ccccc3)ncn2)C1. The van der Waals surface area contributed by atoms with Crippen molar-refractivity contribution in [3.05, 3.63) is 48.3 Å². The van der Waals surface area contributed by atoms with Crippen molar-refractivity contribution in [1.82, 2.24) is 9.97 Å². The molecule has 2 saturated heterocycles. The first kappa shape index (κ1) is 18.2. The van der Waals surface area contributed by atoms with Gasteiger partial charge >= 0.3 is 0 Å². The average molecular weight is 367 g/mol. The molecule has 0 radical (unpaired) electrons. The lowest BCUT2D eigenvalue weighted by molar-refractivity contribution is 0.0203. The van der Waals surface area contributed by atoms with Gasteiger partial charge in [-0.05, 0) is 37.3 Å². The molecular formula is C21H29N5O. The third-order valence-electron chi connectivity index (χ3n) is 6.17. The van der Waals surface area contributed by atoms with Gasteiger partial charge in [0.25, 0.3) is 0 Å². The van der Waals surface area contributed by atoms with Gasteiger partial charge in [-0.2, -0.15) is 0 Å². The van der Waals surface area contributed by atoms with Crippen molar-refractivity contribution >= 4 is 11.6 Å². The first-order valence-corrected chi connectivity index (χ1v) is 9.92. The number of rotatable bonds is 6. The predicted octanol–water partition coefficient (Wildman–Crippen LogP) is 2.67. The van der Waals surface area contributed by atoms with E-state index in [-0.39, 0.29) is 5.41 Å². The van der Waals surface area contributed by atoms with Crippen molar-refractivity contribution in [2.24, 2.45) is 17.1 Å². The second kappa shape index (κ2) is 8.23. The van der Waals surface area contributed by atoms with Crippen molar-refractivity contribution in [3.63, 3.8) is 0 Å². The molecule has 6 nitrogen and oxygen atoms in total. The van der Waals surface area contributed by atoms with Crippen molar-refractivity contribution < 1.29 is 4.74 Å². The van der Waals surface area contributed by atoms with Crippen molar-refractivity contribution in [3.8, 4) is 0 Å². The van der Waals surface area contributed by atoms with Crippen LogP contribution in [0.2, 0.25) is 0 Å². The fourth-order valence-electron chi connectivity index (χ4n) is 4.47. The lowest BCUT2D eigenvalue weighted by Crippen LogP contribution is -2.43. The molecule has 2 aliphatic heterocycles. The summed E-state index contributed by atoms with van der Waals surface area (Å²) in [6.07, 6.45) is 5.03. The van der Waals surface area contributed by atoms with E-state index in [1.54, 1.807) is 6.33 Å². The minimum Gasteiger partial charge on any atom is -0.381 e. The number of anilines is 2. The normalized spacial score (nSPS) is 23.5. The summed E-state index contributed by atoms with van der Waals surface area (Å²) in [7, 11) is 0. The van der Waals surface area contributed by atoms with Gasteiger partial charge in [-0.1, -0.05) is 30.3 Å². The number of hydrogen-bond acceptors (Lipinski definition) is 6.